The summed E-state index contributed by atoms with van der Waals surface area (Å²) in [5.74, 6) is -0.432. The lowest BCUT2D eigenvalue weighted by atomic mass is 9.76. The molecule has 1 aliphatic heterocycles. The number of hydrogen-bond donors (Lipinski definition) is 2. The van der Waals surface area contributed by atoms with Gasteiger partial charge < -0.3 is 10.4 Å². The van der Waals surface area contributed by atoms with Gasteiger partial charge in [-0.1, -0.05) is 53.6 Å². The molecule has 3 atom stereocenters. The van der Waals surface area contributed by atoms with Crippen molar-refractivity contribution < 1.29 is 9.90 Å². The van der Waals surface area contributed by atoms with E-state index in [2.05, 4.69) is 17.5 Å². The fraction of sp³-hybridized carbons (Fsp3) is 0.211. The van der Waals surface area contributed by atoms with Gasteiger partial charge in [-0.25, -0.2) is 4.79 Å². The highest BCUT2D eigenvalue weighted by atomic mass is 35.5. The maximum absolute atomic E-state index is 11.6. The van der Waals surface area contributed by atoms with E-state index in [-0.39, 0.29) is 12.0 Å². The number of allylic oxidation sites excluding steroid dienone is 2. The number of carbonyl (C=O) groups is 1. The van der Waals surface area contributed by atoms with E-state index in [0.29, 0.717) is 27.2 Å². The van der Waals surface area contributed by atoms with E-state index >= 15 is 0 Å². The van der Waals surface area contributed by atoms with Crippen LogP contribution in [0.15, 0.2) is 48.6 Å². The minimum absolute atomic E-state index is 0.0530. The molecule has 0 saturated carbocycles. The van der Waals surface area contributed by atoms with Gasteiger partial charge in [-0.05, 0) is 41.7 Å². The molecule has 122 valence electrons. The molecule has 0 bridgehead atoms. The van der Waals surface area contributed by atoms with Crippen LogP contribution in [0.3, 0.4) is 0 Å². The lowest BCUT2D eigenvalue weighted by molar-refractivity contribution is 0.0697. The summed E-state index contributed by atoms with van der Waals surface area (Å²) >= 11 is 12.4. The Labute approximate surface area is 149 Å². The number of hydrogen-bond acceptors (Lipinski definition) is 2. The molecule has 3 nitrogen and oxygen atoms in total. The molecule has 24 heavy (non-hydrogen) atoms. The SMILES string of the molecule is O=C(O)c1cccc2c1N[C@H](c1ccc(Cl)cc1Cl)[C@@H]1CC=C[C@@H]21. The van der Waals surface area contributed by atoms with E-state index in [0.717, 1.165) is 17.5 Å². The lowest BCUT2D eigenvalue weighted by Crippen LogP contribution is -2.30. The van der Waals surface area contributed by atoms with Gasteiger partial charge in [0, 0.05) is 16.0 Å². The highest BCUT2D eigenvalue weighted by molar-refractivity contribution is 6.35. The average Bonchev–Trinajstić information content (AvgIpc) is 3.03. The first kappa shape index (κ1) is 15.6. The van der Waals surface area contributed by atoms with Crippen LogP contribution < -0.4 is 5.32 Å². The Morgan fingerprint density at radius 1 is 1.17 bits per heavy atom. The highest BCUT2D eigenvalue weighted by Gasteiger charge is 2.39. The first-order valence-electron chi connectivity index (χ1n) is 7.80. The van der Waals surface area contributed by atoms with Gasteiger partial charge in [0.1, 0.15) is 0 Å². The van der Waals surface area contributed by atoms with Crippen molar-refractivity contribution in [3.63, 3.8) is 0 Å². The largest absolute Gasteiger partial charge is 0.478 e. The molecule has 2 aliphatic rings. The number of para-hydroxylation sites is 1. The van der Waals surface area contributed by atoms with Crippen molar-refractivity contribution in [2.75, 3.05) is 5.32 Å². The Morgan fingerprint density at radius 2 is 2.00 bits per heavy atom. The van der Waals surface area contributed by atoms with Crippen molar-refractivity contribution in [1.82, 2.24) is 0 Å². The highest BCUT2D eigenvalue weighted by Crippen LogP contribution is 2.51. The minimum atomic E-state index is -0.930. The van der Waals surface area contributed by atoms with Gasteiger partial charge >= 0.3 is 5.97 Å². The van der Waals surface area contributed by atoms with E-state index in [9.17, 15) is 9.90 Å². The summed E-state index contributed by atoms with van der Waals surface area (Å²) in [6.45, 7) is 0. The molecule has 0 spiro atoms. The number of rotatable bonds is 2. The van der Waals surface area contributed by atoms with Crippen LogP contribution in [0, 0.1) is 5.92 Å². The summed E-state index contributed by atoms with van der Waals surface area (Å²) in [5, 5.41) is 14.2. The molecule has 2 aromatic rings. The van der Waals surface area contributed by atoms with Gasteiger partial charge in [-0.15, -0.1) is 0 Å². The molecule has 0 aromatic heterocycles. The van der Waals surface area contributed by atoms with Crippen LogP contribution in [0.5, 0.6) is 0 Å². The Kier molecular flexibility index (Phi) is 3.78. The molecule has 0 unspecified atom stereocenters. The molecule has 0 amide bonds. The second-order valence-corrected chi connectivity index (χ2v) is 7.06. The topological polar surface area (TPSA) is 49.3 Å². The maximum Gasteiger partial charge on any atom is 0.337 e. The molecular formula is C19H15Cl2NO2. The van der Waals surface area contributed by atoms with Crippen LogP contribution in [0.4, 0.5) is 5.69 Å². The molecule has 2 N–H and O–H groups in total. The Morgan fingerprint density at radius 3 is 2.75 bits per heavy atom. The predicted molar refractivity (Wildman–Crippen MR) is 96.2 cm³/mol. The minimum Gasteiger partial charge on any atom is -0.478 e. The molecule has 4 rings (SSSR count). The Balaban J connectivity index is 1.86. The number of fused-ring (bicyclic) bond motifs is 3. The summed E-state index contributed by atoms with van der Waals surface area (Å²) in [5.41, 5.74) is 2.97. The quantitative estimate of drug-likeness (QED) is 0.694. The summed E-state index contributed by atoms with van der Waals surface area (Å²) in [4.78, 5) is 11.6. The van der Waals surface area contributed by atoms with Crippen molar-refractivity contribution in [1.29, 1.82) is 0 Å². The number of anilines is 1. The van der Waals surface area contributed by atoms with Gasteiger partial charge in [0.05, 0.1) is 17.3 Å². The molecule has 0 fully saturated rings. The van der Waals surface area contributed by atoms with Crippen molar-refractivity contribution in [2.45, 2.75) is 18.4 Å². The van der Waals surface area contributed by atoms with Crippen LogP contribution in [0.2, 0.25) is 10.0 Å². The molecule has 1 aliphatic carbocycles. The fourth-order valence-corrected chi connectivity index (χ4v) is 4.39. The zero-order chi connectivity index (χ0) is 16.8. The van der Waals surface area contributed by atoms with E-state index in [1.807, 2.05) is 24.3 Å². The Hall–Kier alpha value is -1.97. The molecule has 0 saturated heterocycles. The summed E-state index contributed by atoms with van der Waals surface area (Å²) in [6.07, 6.45) is 5.27. The van der Waals surface area contributed by atoms with Crippen molar-refractivity contribution >= 4 is 34.9 Å². The van der Waals surface area contributed by atoms with Gasteiger partial charge in [0.25, 0.3) is 0 Å². The number of carboxylic acids is 1. The van der Waals surface area contributed by atoms with Gasteiger partial charge in [-0.3, -0.25) is 0 Å². The molecule has 5 heteroatoms. The molecular weight excluding hydrogens is 345 g/mol. The van der Waals surface area contributed by atoms with E-state index in [1.54, 1.807) is 12.1 Å². The van der Waals surface area contributed by atoms with Gasteiger partial charge in [0.2, 0.25) is 0 Å². The second kappa shape index (κ2) is 5.83. The first-order chi connectivity index (χ1) is 11.6. The third-order valence-electron chi connectivity index (χ3n) is 4.92. The average molecular weight is 360 g/mol. The summed E-state index contributed by atoms with van der Waals surface area (Å²) < 4.78 is 0. The van der Waals surface area contributed by atoms with Crippen LogP contribution in [0.25, 0.3) is 0 Å². The van der Waals surface area contributed by atoms with E-state index < -0.39 is 5.97 Å². The lowest BCUT2D eigenvalue weighted by Gasteiger charge is -2.38. The number of halogens is 2. The first-order valence-corrected chi connectivity index (χ1v) is 8.56. The zero-order valence-corrected chi connectivity index (χ0v) is 14.2. The van der Waals surface area contributed by atoms with Gasteiger partial charge in [-0.2, -0.15) is 0 Å². The zero-order valence-electron chi connectivity index (χ0n) is 12.7. The summed E-state index contributed by atoms with van der Waals surface area (Å²) in [6, 6.07) is 10.9. The Bertz CT molecular complexity index is 862. The molecule has 2 aromatic carbocycles. The normalized spacial score (nSPS) is 24.2. The number of nitrogens with one attached hydrogen (secondary N) is 1. The van der Waals surface area contributed by atoms with E-state index in [1.165, 1.54) is 0 Å². The van der Waals surface area contributed by atoms with Crippen molar-refractivity contribution in [3.8, 4) is 0 Å². The third-order valence-corrected chi connectivity index (χ3v) is 5.49. The number of aromatic carboxylic acids is 1. The van der Waals surface area contributed by atoms with Crippen LogP contribution in [0.1, 0.15) is 39.9 Å². The van der Waals surface area contributed by atoms with Crippen molar-refractivity contribution in [3.05, 3.63) is 75.3 Å². The predicted octanol–water partition coefficient (Wildman–Crippen LogP) is 5.52. The van der Waals surface area contributed by atoms with Gasteiger partial charge in [0.15, 0.2) is 0 Å². The standard InChI is InChI=1S/C19H15Cl2NO2/c20-10-7-8-14(16(21)9-10)17-12-4-1-3-11(12)13-5-2-6-15(19(23)24)18(13)22-17/h1-3,5-9,11-12,17,22H,4H2,(H,23,24)/t11-,12-,17+/m1/s1. The third kappa shape index (κ3) is 2.40. The number of carboxylic acid groups (broad SMARTS) is 1. The molecule has 1 heterocycles. The van der Waals surface area contributed by atoms with E-state index in [4.69, 9.17) is 23.2 Å². The number of benzene rings is 2. The summed E-state index contributed by atoms with van der Waals surface area (Å²) in [7, 11) is 0. The van der Waals surface area contributed by atoms with Crippen LogP contribution >= 0.6 is 23.2 Å². The fourth-order valence-electron chi connectivity index (χ4n) is 3.86. The van der Waals surface area contributed by atoms with Crippen LogP contribution in [-0.2, 0) is 0 Å². The monoisotopic (exact) mass is 359 g/mol. The van der Waals surface area contributed by atoms with Crippen LogP contribution in [-0.4, -0.2) is 11.1 Å². The maximum atomic E-state index is 11.6. The van der Waals surface area contributed by atoms with Crippen molar-refractivity contribution in [2.24, 2.45) is 5.92 Å². The smallest absolute Gasteiger partial charge is 0.337 e. The molecule has 0 radical (unpaired) electrons. The second-order valence-electron chi connectivity index (χ2n) is 6.22.